The standard InChI is InChI=1S/C27H32N2O5/c1-16(2)27(33)29(15-18-10-8-17(3)9-11-18)21-14-20(26(32)28-12-13-30)23-19-6-4-5-7-22(19)34-25(23)24(21)31/h4-11,14,16,21,23-25,30-31H,12-13,15H2,1-3H3,(H,28,32)/t21-,23+,24+,25+/m1/s1. The molecule has 2 aromatic carbocycles. The van der Waals surface area contributed by atoms with E-state index in [4.69, 9.17) is 4.74 Å². The van der Waals surface area contributed by atoms with Crippen molar-refractivity contribution in [1.29, 1.82) is 0 Å². The molecule has 7 nitrogen and oxygen atoms in total. The number of aryl methyl sites for hydroxylation is 1. The van der Waals surface area contributed by atoms with Crippen molar-refractivity contribution in [3.05, 3.63) is 76.9 Å². The summed E-state index contributed by atoms with van der Waals surface area (Å²) in [4.78, 5) is 28.1. The molecule has 0 saturated carbocycles. The van der Waals surface area contributed by atoms with Gasteiger partial charge < -0.3 is 25.2 Å². The van der Waals surface area contributed by atoms with Gasteiger partial charge in [0.25, 0.3) is 0 Å². The van der Waals surface area contributed by atoms with Crippen molar-refractivity contribution < 1.29 is 24.5 Å². The lowest BCUT2D eigenvalue weighted by Crippen LogP contribution is -2.56. The molecule has 0 fully saturated rings. The van der Waals surface area contributed by atoms with Crippen molar-refractivity contribution in [3.8, 4) is 5.75 Å². The summed E-state index contributed by atoms with van der Waals surface area (Å²) in [5.74, 6) is -0.592. The number of amides is 2. The number of nitrogens with one attached hydrogen (secondary N) is 1. The molecule has 4 atom stereocenters. The van der Waals surface area contributed by atoms with Crippen LogP contribution in [0.2, 0.25) is 0 Å². The minimum Gasteiger partial charge on any atom is -0.486 e. The largest absolute Gasteiger partial charge is 0.486 e. The first-order valence-corrected chi connectivity index (χ1v) is 11.7. The molecule has 180 valence electrons. The quantitative estimate of drug-likeness (QED) is 0.584. The van der Waals surface area contributed by atoms with Gasteiger partial charge in [-0.15, -0.1) is 0 Å². The number of benzene rings is 2. The molecule has 34 heavy (non-hydrogen) atoms. The van der Waals surface area contributed by atoms with E-state index in [0.29, 0.717) is 17.9 Å². The van der Waals surface area contributed by atoms with E-state index in [1.165, 1.54) is 0 Å². The second-order valence-corrected chi connectivity index (χ2v) is 9.29. The maximum Gasteiger partial charge on any atom is 0.247 e. The molecular weight excluding hydrogens is 432 g/mol. The summed E-state index contributed by atoms with van der Waals surface area (Å²) in [5, 5.41) is 23.4. The number of nitrogens with zero attached hydrogens (tertiary/aromatic N) is 1. The fraction of sp³-hybridized carbons (Fsp3) is 0.407. The summed E-state index contributed by atoms with van der Waals surface area (Å²) in [5.41, 5.74) is 3.31. The predicted octanol–water partition coefficient (Wildman–Crippen LogP) is 2.30. The van der Waals surface area contributed by atoms with E-state index in [-0.39, 0.29) is 30.9 Å². The van der Waals surface area contributed by atoms with Gasteiger partial charge in [0.2, 0.25) is 11.8 Å². The lowest BCUT2D eigenvalue weighted by molar-refractivity contribution is -0.141. The smallest absolute Gasteiger partial charge is 0.247 e. The Balaban J connectivity index is 1.76. The van der Waals surface area contributed by atoms with Gasteiger partial charge >= 0.3 is 0 Å². The molecule has 1 aliphatic heterocycles. The van der Waals surface area contributed by atoms with E-state index in [0.717, 1.165) is 16.7 Å². The number of ether oxygens (including phenoxy) is 1. The number of carbonyl (C=O) groups excluding carboxylic acids is 2. The van der Waals surface area contributed by atoms with Crippen LogP contribution in [-0.2, 0) is 16.1 Å². The molecule has 7 heteroatoms. The third-order valence-electron chi connectivity index (χ3n) is 6.49. The molecule has 0 bridgehead atoms. The molecule has 1 heterocycles. The van der Waals surface area contributed by atoms with Crippen LogP contribution in [0.3, 0.4) is 0 Å². The summed E-state index contributed by atoms with van der Waals surface area (Å²) in [6.07, 6.45) is -0.0268. The van der Waals surface area contributed by atoms with Gasteiger partial charge in [-0.3, -0.25) is 9.59 Å². The third-order valence-corrected chi connectivity index (χ3v) is 6.49. The Morgan fingerprint density at radius 2 is 1.82 bits per heavy atom. The molecule has 1 aliphatic carbocycles. The summed E-state index contributed by atoms with van der Waals surface area (Å²) < 4.78 is 6.14. The SMILES string of the molecule is Cc1ccc(CN(C(=O)C(C)C)[C@@H]2C=C(C(=O)NCCO)[C@@H]3c4ccccc4O[C@@H]3[C@H]2O)cc1. The van der Waals surface area contributed by atoms with E-state index in [9.17, 15) is 19.8 Å². The van der Waals surface area contributed by atoms with E-state index in [2.05, 4.69) is 5.32 Å². The van der Waals surface area contributed by atoms with Gasteiger partial charge in [-0.05, 0) is 24.6 Å². The monoisotopic (exact) mass is 464 g/mol. The van der Waals surface area contributed by atoms with Gasteiger partial charge in [-0.2, -0.15) is 0 Å². The van der Waals surface area contributed by atoms with Crippen molar-refractivity contribution in [2.24, 2.45) is 5.92 Å². The lowest BCUT2D eigenvalue weighted by Gasteiger charge is -2.41. The Hall–Kier alpha value is -3.16. The highest BCUT2D eigenvalue weighted by Crippen LogP contribution is 2.47. The number of fused-ring (bicyclic) bond motifs is 3. The van der Waals surface area contributed by atoms with Crippen LogP contribution >= 0.6 is 0 Å². The van der Waals surface area contributed by atoms with Crippen LogP contribution in [0, 0.1) is 12.8 Å². The Morgan fingerprint density at radius 1 is 1.12 bits per heavy atom. The summed E-state index contributed by atoms with van der Waals surface area (Å²) in [7, 11) is 0. The second-order valence-electron chi connectivity index (χ2n) is 9.29. The summed E-state index contributed by atoms with van der Waals surface area (Å²) in [6, 6.07) is 14.6. The molecule has 0 unspecified atom stereocenters. The Bertz CT molecular complexity index is 1080. The molecule has 2 aromatic rings. The molecule has 0 spiro atoms. The Labute approximate surface area is 200 Å². The average Bonchev–Trinajstić information content (AvgIpc) is 3.22. The molecule has 2 amide bonds. The fourth-order valence-electron chi connectivity index (χ4n) is 4.74. The molecule has 0 aromatic heterocycles. The van der Waals surface area contributed by atoms with Gasteiger partial charge in [0.05, 0.1) is 18.6 Å². The minimum atomic E-state index is -1.03. The van der Waals surface area contributed by atoms with E-state index in [1.807, 2.05) is 69.3 Å². The van der Waals surface area contributed by atoms with Gasteiger partial charge in [-0.1, -0.05) is 61.9 Å². The Kier molecular flexibility index (Phi) is 7.05. The zero-order valence-electron chi connectivity index (χ0n) is 19.8. The minimum absolute atomic E-state index is 0.112. The lowest BCUT2D eigenvalue weighted by atomic mass is 9.77. The molecule has 0 saturated heterocycles. The number of hydrogen-bond acceptors (Lipinski definition) is 5. The molecule has 0 radical (unpaired) electrons. The Morgan fingerprint density at radius 3 is 2.50 bits per heavy atom. The maximum atomic E-state index is 13.3. The summed E-state index contributed by atoms with van der Waals surface area (Å²) in [6.45, 7) is 5.87. The normalized spacial score (nSPS) is 22.9. The zero-order chi connectivity index (χ0) is 24.4. The highest BCUT2D eigenvalue weighted by molar-refractivity contribution is 5.96. The van der Waals surface area contributed by atoms with E-state index in [1.54, 1.807) is 11.0 Å². The zero-order valence-corrected chi connectivity index (χ0v) is 19.8. The predicted molar refractivity (Wildman–Crippen MR) is 128 cm³/mol. The first-order valence-electron chi connectivity index (χ1n) is 11.7. The van der Waals surface area contributed by atoms with Crippen LogP contribution in [0.4, 0.5) is 0 Å². The highest BCUT2D eigenvalue weighted by atomic mass is 16.5. The number of carbonyl (C=O) groups is 2. The van der Waals surface area contributed by atoms with Crippen molar-refractivity contribution in [2.75, 3.05) is 13.2 Å². The van der Waals surface area contributed by atoms with Crippen molar-refractivity contribution >= 4 is 11.8 Å². The van der Waals surface area contributed by atoms with Crippen LogP contribution in [0.25, 0.3) is 0 Å². The van der Waals surface area contributed by atoms with Crippen LogP contribution in [0.5, 0.6) is 5.75 Å². The van der Waals surface area contributed by atoms with Crippen LogP contribution in [-0.4, -0.2) is 58.3 Å². The fourth-order valence-corrected chi connectivity index (χ4v) is 4.74. The molecular formula is C27H32N2O5. The van der Waals surface area contributed by atoms with Crippen molar-refractivity contribution in [1.82, 2.24) is 10.2 Å². The van der Waals surface area contributed by atoms with Gasteiger partial charge in [0.15, 0.2) is 0 Å². The second kappa shape index (κ2) is 9.99. The number of hydrogen-bond donors (Lipinski definition) is 3. The molecule has 3 N–H and O–H groups in total. The molecule has 2 aliphatic rings. The number of para-hydroxylation sites is 1. The molecule has 4 rings (SSSR count). The van der Waals surface area contributed by atoms with Crippen molar-refractivity contribution in [2.45, 2.75) is 51.5 Å². The van der Waals surface area contributed by atoms with Crippen molar-refractivity contribution in [3.63, 3.8) is 0 Å². The van der Waals surface area contributed by atoms with Gasteiger partial charge in [-0.25, -0.2) is 0 Å². The topological polar surface area (TPSA) is 99.1 Å². The van der Waals surface area contributed by atoms with Gasteiger partial charge in [0.1, 0.15) is 18.0 Å². The van der Waals surface area contributed by atoms with Crippen LogP contribution in [0.1, 0.15) is 36.5 Å². The number of aliphatic hydroxyl groups excluding tert-OH is 2. The third kappa shape index (κ3) is 4.58. The average molecular weight is 465 g/mol. The van der Waals surface area contributed by atoms with Crippen LogP contribution < -0.4 is 10.1 Å². The van der Waals surface area contributed by atoms with Crippen LogP contribution in [0.15, 0.2) is 60.2 Å². The maximum absolute atomic E-state index is 13.3. The summed E-state index contributed by atoms with van der Waals surface area (Å²) >= 11 is 0. The number of aliphatic hydroxyl groups is 2. The van der Waals surface area contributed by atoms with Gasteiger partial charge in [0, 0.05) is 30.1 Å². The first kappa shape index (κ1) is 24.0. The highest BCUT2D eigenvalue weighted by Gasteiger charge is 2.50. The van der Waals surface area contributed by atoms with E-state index >= 15 is 0 Å². The number of rotatable bonds is 7. The van der Waals surface area contributed by atoms with E-state index < -0.39 is 24.2 Å². The first-order chi connectivity index (χ1) is 16.3.